The quantitative estimate of drug-likeness (QED) is 0.483. The van der Waals surface area contributed by atoms with E-state index in [1.165, 1.54) is 0 Å². The van der Waals surface area contributed by atoms with Crippen molar-refractivity contribution in [2.75, 3.05) is 42.9 Å². The molecule has 4 heterocycles. The zero-order valence-corrected chi connectivity index (χ0v) is 24.5. The van der Waals surface area contributed by atoms with Crippen LogP contribution in [-0.4, -0.2) is 80.7 Å². The van der Waals surface area contributed by atoms with Crippen LogP contribution in [0.15, 0.2) is 47.4 Å². The highest BCUT2D eigenvalue weighted by Crippen LogP contribution is 2.25. The van der Waals surface area contributed by atoms with Crippen molar-refractivity contribution in [3.05, 3.63) is 52.9 Å². The number of aromatic nitrogens is 3. The van der Waals surface area contributed by atoms with Crippen LogP contribution < -0.4 is 15.8 Å². The monoisotopic (exact) mass is 561 g/mol. The molecule has 218 valence electrons. The fraction of sp³-hybridized carbons (Fsp3) is 0.500. The molecule has 11 heteroatoms. The highest BCUT2D eigenvalue weighted by molar-refractivity contribution is 5.76. The molecule has 2 saturated heterocycles. The number of nitrogens with zero attached hydrogens (tertiary/aromatic N) is 6. The fourth-order valence-corrected chi connectivity index (χ4v) is 5.38. The number of likely N-dealkylation sites (tertiary alicyclic amines) is 1. The predicted octanol–water partition coefficient (Wildman–Crippen LogP) is 3.85. The lowest BCUT2D eigenvalue weighted by Crippen LogP contribution is -2.53. The summed E-state index contributed by atoms with van der Waals surface area (Å²) in [7, 11) is 0. The van der Waals surface area contributed by atoms with Gasteiger partial charge in [0.2, 0.25) is 11.9 Å². The summed E-state index contributed by atoms with van der Waals surface area (Å²) in [6, 6.07) is 11.6. The second kappa shape index (κ2) is 11.4. The summed E-state index contributed by atoms with van der Waals surface area (Å²) in [6.45, 7) is 13.3. The second-order valence-electron chi connectivity index (χ2n) is 12.0. The number of anilines is 3. The van der Waals surface area contributed by atoms with E-state index in [9.17, 15) is 14.4 Å². The molecule has 2 fully saturated rings. The Morgan fingerprint density at radius 2 is 1.76 bits per heavy atom. The number of pyridine rings is 1. The smallest absolute Gasteiger partial charge is 0.410 e. The minimum atomic E-state index is -0.516. The normalized spacial score (nSPS) is 17.9. The number of aryl methyl sites for hydroxylation is 1. The van der Waals surface area contributed by atoms with Gasteiger partial charge in [-0.1, -0.05) is 0 Å². The van der Waals surface area contributed by atoms with Gasteiger partial charge < -0.3 is 24.8 Å². The van der Waals surface area contributed by atoms with E-state index in [1.807, 2.05) is 37.8 Å². The van der Waals surface area contributed by atoms with Gasteiger partial charge in [-0.2, -0.15) is 4.98 Å². The standard InChI is InChI=1S/C30H39N7O4/c1-20-17-34(21(2)38)14-15-36(20)25-9-7-24(8-10-25)32-28-31-16-23-6-11-26(39)37(27(23)33-28)13-12-22-18-35(19-22)29(40)41-30(3,4)5/h6-11,16,20,22H,12-15,17-19H2,1-5H3,(H,31,32,33)/t20-/m1/s1. The van der Waals surface area contributed by atoms with E-state index in [2.05, 4.69) is 34.3 Å². The van der Waals surface area contributed by atoms with Crippen LogP contribution in [0.3, 0.4) is 0 Å². The zero-order chi connectivity index (χ0) is 29.3. The first-order chi connectivity index (χ1) is 19.5. The first-order valence-corrected chi connectivity index (χ1v) is 14.2. The van der Waals surface area contributed by atoms with E-state index in [-0.39, 0.29) is 23.6 Å². The van der Waals surface area contributed by atoms with Crippen LogP contribution in [0, 0.1) is 5.92 Å². The molecule has 2 aromatic heterocycles. The molecule has 0 unspecified atom stereocenters. The fourth-order valence-electron chi connectivity index (χ4n) is 5.38. The maximum atomic E-state index is 12.8. The van der Waals surface area contributed by atoms with Crippen molar-refractivity contribution >= 4 is 40.4 Å². The molecule has 1 aromatic carbocycles. The van der Waals surface area contributed by atoms with Gasteiger partial charge in [0, 0.05) is 81.3 Å². The van der Waals surface area contributed by atoms with Crippen LogP contribution >= 0.6 is 0 Å². The maximum absolute atomic E-state index is 12.8. The zero-order valence-electron chi connectivity index (χ0n) is 24.5. The van der Waals surface area contributed by atoms with Crippen LogP contribution in [0.25, 0.3) is 11.0 Å². The molecular weight excluding hydrogens is 522 g/mol. The first kappa shape index (κ1) is 28.4. The van der Waals surface area contributed by atoms with E-state index >= 15 is 0 Å². The van der Waals surface area contributed by atoms with Crippen LogP contribution in [0.2, 0.25) is 0 Å². The highest BCUT2D eigenvalue weighted by atomic mass is 16.6. The SMILES string of the molecule is CC(=O)N1CCN(c2ccc(Nc3ncc4ccc(=O)n(CCC5CN(C(=O)OC(C)(C)C)C5)c4n3)cc2)[C@H](C)C1. The van der Waals surface area contributed by atoms with E-state index in [0.717, 1.165) is 36.3 Å². The summed E-state index contributed by atoms with van der Waals surface area (Å²) in [4.78, 5) is 51.8. The summed E-state index contributed by atoms with van der Waals surface area (Å²) < 4.78 is 7.12. The average molecular weight is 562 g/mol. The Morgan fingerprint density at radius 1 is 1.02 bits per heavy atom. The summed E-state index contributed by atoms with van der Waals surface area (Å²) in [6.07, 6.45) is 2.18. The Morgan fingerprint density at radius 3 is 2.41 bits per heavy atom. The Balaban J connectivity index is 1.23. The van der Waals surface area contributed by atoms with Crippen molar-refractivity contribution in [1.29, 1.82) is 0 Å². The summed E-state index contributed by atoms with van der Waals surface area (Å²) in [5.41, 5.74) is 1.88. The summed E-state index contributed by atoms with van der Waals surface area (Å²) in [5.74, 6) is 0.827. The number of amides is 2. The molecule has 0 bridgehead atoms. The lowest BCUT2D eigenvalue weighted by atomic mass is 9.97. The lowest BCUT2D eigenvalue weighted by Gasteiger charge is -2.41. The van der Waals surface area contributed by atoms with Crippen molar-refractivity contribution in [3.8, 4) is 0 Å². The molecule has 5 rings (SSSR count). The van der Waals surface area contributed by atoms with Crippen LogP contribution in [0.1, 0.15) is 41.0 Å². The molecule has 0 aliphatic carbocycles. The number of carbonyl (C=O) groups is 2. The van der Waals surface area contributed by atoms with Gasteiger partial charge in [0.1, 0.15) is 11.2 Å². The van der Waals surface area contributed by atoms with Gasteiger partial charge in [0.05, 0.1) is 0 Å². The topological polar surface area (TPSA) is 113 Å². The number of hydrogen-bond acceptors (Lipinski definition) is 8. The Kier molecular flexibility index (Phi) is 7.88. The van der Waals surface area contributed by atoms with Gasteiger partial charge in [-0.05, 0) is 70.4 Å². The molecule has 41 heavy (non-hydrogen) atoms. The van der Waals surface area contributed by atoms with Crippen LogP contribution in [0.4, 0.5) is 22.1 Å². The minimum absolute atomic E-state index is 0.115. The van der Waals surface area contributed by atoms with E-state index in [4.69, 9.17) is 9.72 Å². The number of nitrogens with one attached hydrogen (secondary N) is 1. The van der Waals surface area contributed by atoms with Gasteiger partial charge in [-0.15, -0.1) is 0 Å². The Labute approximate surface area is 240 Å². The third-order valence-corrected chi connectivity index (χ3v) is 7.62. The summed E-state index contributed by atoms with van der Waals surface area (Å²) >= 11 is 0. The third kappa shape index (κ3) is 6.61. The van der Waals surface area contributed by atoms with Crippen molar-refractivity contribution in [3.63, 3.8) is 0 Å². The van der Waals surface area contributed by atoms with Crippen molar-refractivity contribution in [1.82, 2.24) is 24.3 Å². The summed E-state index contributed by atoms with van der Waals surface area (Å²) in [5, 5.41) is 4.05. The molecule has 11 nitrogen and oxygen atoms in total. The predicted molar refractivity (Wildman–Crippen MR) is 158 cm³/mol. The molecular formula is C30H39N7O4. The molecule has 2 aliphatic heterocycles. The second-order valence-corrected chi connectivity index (χ2v) is 12.0. The molecule has 1 atom stereocenters. The molecule has 0 radical (unpaired) electrons. The van der Waals surface area contributed by atoms with Crippen LogP contribution in [0.5, 0.6) is 0 Å². The number of rotatable bonds is 6. The van der Waals surface area contributed by atoms with Crippen LogP contribution in [-0.2, 0) is 16.1 Å². The van der Waals surface area contributed by atoms with Crippen molar-refractivity contribution < 1.29 is 14.3 Å². The molecule has 0 saturated carbocycles. The molecule has 0 spiro atoms. The van der Waals surface area contributed by atoms with Gasteiger partial charge in [-0.3, -0.25) is 14.2 Å². The van der Waals surface area contributed by atoms with E-state index in [0.29, 0.717) is 43.7 Å². The molecule has 2 amide bonds. The van der Waals surface area contributed by atoms with Gasteiger partial charge in [0.15, 0.2) is 0 Å². The third-order valence-electron chi connectivity index (χ3n) is 7.62. The largest absolute Gasteiger partial charge is 0.444 e. The number of carbonyl (C=O) groups excluding carboxylic acids is 2. The average Bonchev–Trinajstić information content (AvgIpc) is 2.88. The number of fused-ring (bicyclic) bond motifs is 1. The van der Waals surface area contributed by atoms with Crippen molar-refractivity contribution in [2.24, 2.45) is 5.92 Å². The molecule has 3 aromatic rings. The van der Waals surface area contributed by atoms with Gasteiger partial charge in [0.25, 0.3) is 5.56 Å². The molecule has 2 aliphatic rings. The first-order valence-electron chi connectivity index (χ1n) is 14.2. The van der Waals surface area contributed by atoms with Gasteiger partial charge >= 0.3 is 6.09 Å². The molecule has 1 N–H and O–H groups in total. The maximum Gasteiger partial charge on any atom is 0.410 e. The highest BCUT2D eigenvalue weighted by Gasteiger charge is 2.33. The van der Waals surface area contributed by atoms with E-state index in [1.54, 1.807) is 34.7 Å². The number of piperazine rings is 1. The number of hydrogen-bond donors (Lipinski definition) is 1. The van der Waals surface area contributed by atoms with E-state index < -0.39 is 5.60 Å². The van der Waals surface area contributed by atoms with Crippen molar-refractivity contribution in [2.45, 2.75) is 59.2 Å². The lowest BCUT2D eigenvalue weighted by molar-refractivity contribution is -0.129. The van der Waals surface area contributed by atoms with Gasteiger partial charge in [-0.25, -0.2) is 9.78 Å². The Bertz CT molecular complexity index is 1470. The number of benzene rings is 1. The minimum Gasteiger partial charge on any atom is -0.444 e. The Hall–Kier alpha value is -4.15. The number of ether oxygens (including phenoxy) is 1.